The van der Waals surface area contributed by atoms with Gasteiger partial charge in [-0.25, -0.2) is 0 Å². The van der Waals surface area contributed by atoms with Gasteiger partial charge in [-0.2, -0.15) is 0 Å². The van der Waals surface area contributed by atoms with Crippen molar-refractivity contribution in [1.29, 1.82) is 0 Å². The molecule has 0 atom stereocenters. The summed E-state index contributed by atoms with van der Waals surface area (Å²) in [5, 5.41) is 3.22. The molecule has 0 spiro atoms. The van der Waals surface area contributed by atoms with E-state index >= 15 is 0 Å². The first kappa shape index (κ1) is 12.0. The van der Waals surface area contributed by atoms with Crippen LogP contribution in [0, 0.1) is 5.92 Å². The highest BCUT2D eigenvalue weighted by atomic mass is 15.1. The molecule has 0 unspecified atom stereocenters. The van der Waals surface area contributed by atoms with Crippen LogP contribution in [-0.2, 0) is 12.8 Å². The molecule has 2 nitrogen and oxygen atoms in total. The molecule has 0 amide bonds. The Labute approximate surface area is 110 Å². The average Bonchev–Trinajstić information content (AvgIpc) is 2.73. The highest BCUT2D eigenvalue weighted by molar-refractivity contribution is 5.59. The van der Waals surface area contributed by atoms with Gasteiger partial charge in [-0.15, -0.1) is 0 Å². The van der Waals surface area contributed by atoms with E-state index in [-0.39, 0.29) is 0 Å². The maximum Gasteiger partial charge on any atom is 0.0399 e. The van der Waals surface area contributed by atoms with Crippen LogP contribution >= 0.6 is 0 Å². The topological polar surface area (TPSA) is 15.3 Å². The van der Waals surface area contributed by atoms with Crippen molar-refractivity contribution in [3.05, 3.63) is 29.3 Å². The van der Waals surface area contributed by atoms with Crippen LogP contribution in [0.25, 0.3) is 0 Å². The minimum atomic E-state index is 0.972. The van der Waals surface area contributed by atoms with Crippen LogP contribution < -0.4 is 10.2 Å². The van der Waals surface area contributed by atoms with Crippen LogP contribution in [0.1, 0.15) is 30.4 Å². The number of likely N-dealkylation sites (N-methyl/N-ethyl adjacent to an activating group) is 1. The Morgan fingerprint density at radius 1 is 1.33 bits per heavy atom. The lowest BCUT2D eigenvalue weighted by atomic mass is 9.85. The largest absolute Gasteiger partial charge is 0.371 e. The van der Waals surface area contributed by atoms with Crippen molar-refractivity contribution in [3.63, 3.8) is 0 Å². The zero-order valence-corrected chi connectivity index (χ0v) is 11.4. The molecule has 1 aromatic rings. The molecule has 3 rings (SSSR count). The van der Waals surface area contributed by atoms with E-state index in [0.717, 1.165) is 18.9 Å². The maximum atomic E-state index is 3.22. The zero-order chi connectivity index (χ0) is 12.4. The van der Waals surface area contributed by atoms with Gasteiger partial charge in [0.15, 0.2) is 0 Å². The highest BCUT2D eigenvalue weighted by Crippen LogP contribution is 2.33. The van der Waals surface area contributed by atoms with E-state index in [1.54, 1.807) is 5.56 Å². The van der Waals surface area contributed by atoms with Gasteiger partial charge < -0.3 is 10.2 Å². The monoisotopic (exact) mass is 244 g/mol. The molecule has 0 bridgehead atoms. The predicted molar refractivity (Wildman–Crippen MR) is 77.3 cm³/mol. The van der Waals surface area contributed by atoms with Gasteiger partial charge in [0.1, 0.15) is 0 Å². The van der Waals surface area contributed by atoms with Gasteiger partial charge in [0.25, 0.3) is 0 Å². The van der Waals surface area contributed by atoms with Crippen LogP contribution in [0.3, 0.4) is 0 Å². The average molecular weight is 244 g/mol. The molecule has 98 valence electrons. The van der Waals surface area contributed by atoms with Crippen LogP contribution in [0.15, 0.2) is 18.2 Å². The second kappa shape index (κ2) is 5.31. The van der Waals surface area contributed by atoms with E-state index in [1.165, 1.54) is 50.0 Å². The van der Waals surface area contributed by atoms with E-state index in [1.807, 2.05) is 7.05 Å². The van der Waals surface area contributed by atoms with Crippen LogP contribution in [0.5, 0.6) is 0 Å². The molecule has 2 heteroatoms. The quantitative estimate of drug-likeness (QED) is 0.856. The Morgan fingerprint density at radius 2 is 2.22 bits per heavy atom. The van der Waals surface area contributed by atoms with Gasteiger partial charge in [-0.3, -0.25) is 0 Å². The number of fused-ring (bicyclic) bond motifs is 1. The van der Waals surface area contributed by atoms with E-state index in [0.29, 0.717) is 0 Å². The van der Waals surface area contributed by atoms with Crippen LogP contribution in [-0.4, -0.2) is 26.7 Å². The fourth-order valence-corrected chi connectivity index (χ4v) is 3.12. The molecule has 1 saturated carbocycles. The summed E-state index contributed by atoms with van der Waals surface area (Å²) in [6.45, 7) is 3.61. The Balaban J connectivity index is 1.67. The predicted octanol–water partition coefficient (Wildman–Crippen LogP) is 2.61. The standard InChI is InChI=1S/C16H24N2/c1-17-9-7-13-5-6-16-15(11-13)8-10-18(16)12-14-3-2-4-14/h5-6,11,14,17H,2-4,7-10,12H2,1H3. The molecule has 0 saturated heterocycles. The normalized spacial score (nSPS) is 18.8. The SMILES string of the molecule is CNCCc1ccc2c(c1)CCN2CC1CCC1. The van der Waals surface area contributed by atoms with Crippen molar-refractivity contribution in [2.45, 2.75) is 32.1 Å². The number of hydrogen-bond acceptors (Lipinski definition) is 2. The third-order valence-corrected chi connectivity index (χ3v) is 4.50. The Kier molecular flexibility index (Phi) is 3.55. The first-order chi connectivity index (χ1) is 8.86. The van der Waals surface area contributed by atoms with Crippen molar-refractivity contribution in [3.8, 4) is 0 Å². The van der Waals surface area contributed by atoms with Crippen molar-refractivity contribution in [1.82, 2.24) is 5.32 Å². The zero-order valence-electron chi connectivity index (χ0n) is 11.4. The van der Waals surface area contributed by atoms with Gasteiger partial charge in [0, 0.05) is 18.8 Å². The lowest BCUT2D eigenvalue weighted by Gasteiger charge is -2.31. The molecule has 1 fully saturated rings. The smallest absolute Gasteiger partial charge is 0.0399 e. The maximum absolute atomic E-state index is 3.22. The molecular formula is C16H24N2. The first-order valence-electron chi connectivity index (χ1n) is 7.38. The summed E-state index contributed by atoms with van der Waals surface area (Å²) >= 11 is 0. The van der Waals surface area contributed by atoms with Gasteiger partial charge in [-0.05, 0) is 62.4 Å². The minimum absolute atomic E-state index is 0.972. The fraction of sp³-hybridized carbons (Fsp3) is 0.625. The number of nitrogens with zero attached hydrogens (tertiary/aromatic N) is 1. The number of hydrogen-bond donors (Lipinski definition) is 1. The van der Waals surface area contributed by atoms with E-state index in [2.05, 4.69) is 28.4 Å². The molecule has 1 heterocycles. The molecule has 0 aromatic heterocycles. The summed E-state index contributed by atoms with van der Waals surface area (Å²) in [5.74, 6) is 0.972. The molecule has 2 aliphatic rings. The summed E-state index contributed by atoms with van der Waals surface area (Å²) in [7, 11) is 2.02. The Hall–Kier alpha value is -1.02. The molecule has 1 N–H and O–H groups in total. The van der Waals surface area contributed by atoms with Gasteiger partial charge in [-0.1, -0.05) is 18.6 Å². The van der Waals surface area contributed by atoms with Crippen LogP contribution in [0.2, 0.25) is 0 Å². The molecule has 1 aliphatic heterocycles. The van der Waals surface area contributed by atoms with E-state index in [9.17, 15) is 0 Å². The van der Waals surface area contributed by atoms with Crippen molar-refractivity contribution >= 4 is 5.69 Å². The summed E-state index contributed by atoms with van der Waals surface area (Å²) in [5.41, 5.74) is 4.56. The lowest BCUT2D eigenvalue weighted by molar-refractivity contribution is 0.319. The molecular weight excluding hydrogens is 220 g/mol. The molecule has 1 aromatic carbocycles. The van der Waals surface area contributed by atoms with Crippen molar-refractivity contribution in [2.75, 3.05) is 31.6 Å². The second-order valence-electron chi connectivity index (χ2n) is 5.81. The van der Waals surface area contributed by atoms with Crippen molar-refractivity contribution < 1.29 is 0 Å². The van der Waals surface area contributed by atoms with Gasteiger partial charge >= 0.3 is 0 Å². The second-order valence-corrected chi connectivity index (χ2v) is 5.81. The Bertz CT molecular complexity index is 410. The first-order valence-corrected chi connectivity index (χ1v) is 7.38. The molecule has 0 radical (unpaired) electrons. The Morgan fingerprint density at radius 3 is 2.94 bits per heavy atom. The highest BCUT2D eigenvalue weighted by Gasteiger charge is 2.25. The van der Waals surface area contributed by atoms with Crippen molar-refractivity contribution in [2.24, 2.45) is 5.92 Å². The van der Waals surface area contributed by atoms with Gasteiger partial charge in [0.2, 0.25) is 0 Å². The van der Waals surface area contributed by atoms with E-state index < -0.39 is 0 Å². The number of benzene rings is 1. The summed E-state index contributed by atoms with van der Waals surface area (Å²) < 4.78 is 0. The lowest BCUT2D eigenvalue weighted by Crippen LogP contribution is -2.31. The summed E-state index contributed by atoms with van der Waals surface area (Å²) in [6, 6.07) is 7.09. The third-order valence-electron chi connectivity index (χ3n) is 4.50. The number of nitrogens with one attached hydrogen (secondary N) is 1. The van der Waals surface area contributed by atoms with Gasteiger partial charge in [0.05, 0.1) is 0 Å². The van der Waals surface area contributed by atoms with E-state index in [4.69, 9.17) is 0 Å². The minimum Gasteiger partial charge on any atom is -0.371 e. The number of rotatable bonds is 5. The fourth-order valence-electron chi connectivity index (χ4n) is 3.12. The number of anilines is 1. The van der Waals surface area contributed by atoms with Crippen LogP contribution in [0.4, 0.5) is 5.69 Å². The molecule has 1 aliphatic carbocycles. The third kappa shape index (κ3) is 2.39. The molecule has 18 heavy (non-hydrogen) atoms. The summed E-state index contributed by atoms with van der Waals surface area (Å²) in [6.07, 6.45) is 6.74. The summed E-state index contributed by atoms with van der Waals surface area (Å²) in [4.78, 5) is 2.61.